The van der Waals surface area contributed by atoms with E-state index < -0.39 is 6.04 Å². The number of aryl methyl sites for hydroxylation is 2. The van der Waals surface area contributed by atoms with Gasteiger partial charge in [0.1, 0.15) is 6.04 Å². The van der Waals surface area contributed by atoms with Gasteiger partial charge in [-0.1, -0.05) is 48.9 Å². The van der Waals surface area contributed by atoms with E-state index in [9.17, 15) is 9.59 Å². The minimum Gasteiger partial charge on any atom is -0.348 e. The summed E-state index contributed by atoms with van der Waals surface area (Å²) in [6.45, 7) is 6.03. The van der Waals surface area contributed by atoms with Crippen LogP contribution in [0.1, 0.15) is 53.4 Å². The molecule has 0 saturated carbocycles. The third-order valence-electron chi connectivity index (χ3n) is 4.76. The first-order valence-electron chi connectivity index (χ1n) is 9.70. The normalized spacial score (nSPS) is 12.9. The van der Waals surface area contributed by atoms with Crippen LogP contribution in [0.5, 0.6) is 0 Å². The van der Waals surface area contributed by atoms with Crippen molar-refractivity contribution in [1.29, 1.82) is 0 Å². The van der Waals surface area contributed by atoms with Crippen LogP contribution in [0.4, 0.5) is 0 Å². The number of carbonyl (C=O) groups excluding carboxylic acids is 2. The quantitative estimate of drug-likeness (QED) is 0.663. The molecule has 0 aliphatic rings. The minimum absolute atomic E-state index is 0.119. The number of rotatable bonds is 9. The van der Waals surface area contributed by atoms with Gasteiger partial charge in [0.15, 0.2) is 0 Å². The molecular weight excluding hydrogens is 368 g/mol. The van der Waals surface area contributed by atoms with Crippen LogP contribution in [0.25, 0.3) is 0 Å². The van der Waals surface area contributed by atoms with Gasteiger partial charge in [0, 0.05) is 5.56 Å². The molecule has 2 atom stereocenters. The molecule has 0 aliphatic heterocycles. The summed E-state index contributed by atoms with van der Waals surface area (Å²) >= 11 is 1.66. The lowest BCUT2D eigenvalue weighted by molar-refractivity contribution is -0.123. The van der Waals surface area contributed by atoms with Crippen LogP contribution in [0, 0.1) is 6.92 Å². The number of benzene rings is 2. The summed E-state index contributed by atoms with van der Waals surface area (Å²) in [7, 11) is 0. The second kappa shape index (κ2) is 10.9. The van der Waals surface area contributed by atoms with Gasteiger partial charge in [0.25, 0.3) is 5.91 Å². The Kier molecular flexibility index (Phi) is 8.58. The highest BCUT2D eigenvalue weighted by Crippen LogP contribution is 2.15. The van der Waals surface area contributed by atoms with Crippen molar-refractivity contribution >= 4 is 23.6 Å². The molecule has 5 heteroatoms. The molecule has 4 nitrogen and oxygen atoms in total. The molecule has 28 heavy (non-hydrogen) atoms. The van der Waals surface area contributed by atoms with Crippen LogP contribution in [0.15, 0.2) is 48.5 Å². The first-order chi connectivity index (χ1) is 13.4. The average molecular weight is 399 g/mol. The molecule has 150 valence electrons. The van der Waals surface area contributed by atoms with E-state index in [1.807, 2.05) is 50.4 Å². The standard InChI is InChI=1S/C23H30N2O2S/c1-5-18-9-11-19(12-10-18)17(3)24-23(27)21(13-14-28-4)25-22(26)20-8-6-7-16(2)15-20/h6-12,15,17,21H,5,13-14H2,1-4H3,(H,24,27)(H,25,26). The smallest absolute Gasteiger partial charge is 0.251 e. The van der Waals surface area contributed by atoms with Gasteiger partial charge >= 0.3 is 0 Å². The van der Waals surface area contributed by atoms with Gasteiger partial charge in [-0.3, -0.25) is 9.59 Å². The topological polar surface area (TPSA) is 58.2 Å². The van der Waals surface area contributed by atoms with Crippen molar-refractivity contribution < 1.29 is 9.59 Å². The van der Waals surface area contributed by atoms with Crippen molar-refractivity contribution in [1.82, 2.24) is 10.6 Å². The molecule has 0 fully saturated rings. The van der Waals surface area contributed by atoms with Crippen molar-refractivity contribution in [2.75, 3.05) is 12.0 Å². The van der Waals surface area contributed by atoms with Crippen molar-refractivity contribution in [2.45, 2.75) is 45.7 Å². The predicted octanol–water partition coefficient (Wildman–Crippen LogP) is 4.29. The zero-order chi connectivity index (χ0) is 20.5. The van der Waals surface area contributed by atoms with Crippen LogP contribution in [-0.4, -0.2) is 29.9 Å². The van der Waals surface area contributed by atoms with Crippen LogP contribution in [0.3, 0.4) is 0 Å². The third kappa shape index (κ3) is 6.41. The van der Waals surface area contributed by atoms with E-state index >= 15 is 0 Å². The average Bonchev–Trinajstić information content (AvgIpc) is 2.70. The maximum absolute atomic E-state index is 12.9. The zero-order valence-corrected chi connectivity index (χ0v) is 17.9. The number of nitrogens with one attached hydrogen (secondary N) is 2. The molecule has 0 radical (unpaired) electrons. The number of hydrogen-bond acceptors (Lipinski definition) is 3. The molecule has 2 aromatic carbocycles. The Morgan fingerprint density at radius 3 is 2.39 bits per heavy atom. The summed E-state index contributed by atoms with van der Waals surface area (Å²) in [4.78, 5) is 25.5. The van der Waals surface area contributed by atoms with E-state index in [2.05, 4.69) is 29.7 Å². The summed E-state index contributed by atoms with van der Waals surface area (Å²) < 4.78 is 0. The van der Waals surface area contributed by atoms with Crippen molar-refractivity contribution in [2.24, 2.45) is 0 Å². The van der Waals surface area contributed by atoms with E-state index in [1.165, 1.54) is 5.56 Å². The summed E-state index contributed by atoms with van der Waals surface area (Å²) in [5.41, 5.74) is 3.91. The molecule has 0 aromatic heterocycles. The fourth-order valence-corrected chi connectivity index (χ4v) is 3.44. The third-order valence-corrected chi connectivity index (χ3v) is 5.40. The summed E-state index contributed by atoms with van der Waals surface area (Å²) in [6.07, 6.45) is 3.57. The zero-order valence-electron chi connectivity index (χ0n) is 17.1. The Balaban J connectivity index is 2.05. The molecule has 0 heterocycles. The Morgan fingerprint density at radius 2 is 1.79 bits per heavy atom. The molecule has 2 rings (SSSR count). The summed E-state index contributed by atoms with van der Waals surface area (Å²) in [6, 6.07) is 15.0. The highest BCUT2D eigenvalue weighted by Gasteiger charge is 2.23. The monoisotopic (exact) mass is 398 g/mol. The predicted molar refractivity (Wildman–Crippen MR) is 118 cm³/mol. The minimum atomic E-state index is -0.558. The molecular formula is C23H30N2O2S. The van der Waals surface area contributed by atoms with Gasteiger partial charge in [0.05, 0.1) is 6.04 Å². The fourth-order valence-electron chi connectivity index (χ4n) is 2.97. The lowest BCUT2D eigenvalue weighted by Gasteiger charge is -2.22. The fraction of sp³-hybridized carbons (Fsp3) is 0.391. The van der Waals surface area contributed by atoms with Crippen LogP contribution in [0.2, 0.25) is 0 Å². The molecule has 2 amide bonds. The molecule has 0 spiro atoms. The lowest BCUT2D eigenvalue weighted by atomic mass is 10.0. The Hall–Kier alpha value is -2.27. The molecule has 0 bridgehead atoms. The maximum Gasteiger partial charge on any atom is 0.251 e. The molecule has 0 aliphatic carbocycles. The molecule has 2 N–H and O–H groups in total. The van der Waals surface area contributed by atoms with Gasteiger partial charge in [-0.15, -0.1) is 0 Å². The second-order valence-corrected chi connectivity index (χ2v) is 7.99. The Morgan fingerprint density at radius 1 is 1.07 bits per heavy atom. The SMILES string of the molecule is CCc1ccc(C(C)NC(=O)C(CCSC)NC(=O)c2cccc(C)c2)cc1. The van der Waals surface area contributed by atoms with E-state index in [0.29, 0.717) is 12.0 Å². The van der Waals surface area contributed by atoms with Crippen molar-refractivity contribution in [3.63, 3.8) is 0 Å². The first kappa shape index (κ1) is 22.0. The van der Waals surface area contributed by atoms with Gasteiger partial charge in [-0.2, -0.15) is 11.8 Å². The van der Waals surface area contributed by atoms with E-state index in [0.717, 1.165) is 23.3 Å². The number of amides is 2. The molecule has 2 aromatic rings. The highest BCUT2D eigenvalue weighted by atomic mass is 32.2. The lowest BCUT2D eigenvalue weighted by Crippen LogP contribution is -2.47. The number of thioether (sulfide) groups is 1. The van der Waals surface area contributed by atoms with Crippen molar-refractivity contribution in [3.8, 4) is 0 Å². The van der Waals surface area contributed by atoms with E-state index in [1.54, 1.807) is 17.8 Å². The number of carbonyl (C=O) groups is 2. The van der Waals surface area contributed by atoms with Gasteiger partial charge < -0.3 is 10.6 Å². The first-order valence-corrected chi connectivity index (χ1v) is 11.1. The van der Waals surface area contributed by atoms with Crippen LogP contribution in [-0.2, 0) is 11.2 Å². The Bertz CT molecular complexity index is 789. The maximum atomic E-state index is 12.9. The van der Waals surface area contributed by atoms with Gasteiger partial charge in [0.2, 0.25) is 5.91 Å². The Labute approximate surface area is 172 Å². The van der Waals surface area contributed by atoms with Crippen LogP contribution < -0.4 is 10.6 Å². The largest absolute Gasteiger partial charge is 0.348 e. The van der Waals surface area contributed by atoms with E-state index in [-0.39, 0.29) is 17.9 Å². The van der Waals surface area contributed by atoms with E-state index in [4.69, 9.17) is 0 Å². The van der Waals surface area contributed by atoms with Gasteiger partial charge in [-0.05, 0) is 62.0 Å². The number of hydrogen-bond donors (Lipinski definition) is 2. The van der Waals surface area contributed by atoms with Gasteiger partial charge in [-0.25, -0.2) is 0 Å². The molecule has 2 unspecified atom stereocenters. The van der Waals surface area contributed by atoms with Crippen molar-refractivity contribution in [3.05, 3.63) is 70.8 Å². The highest BCUT2D eigenvalue weighted by molar-refractivity contribution is 7.98. The summed E-state index contributed by atoms with van der Waals surface area (Å²) in [5, 5.41) is 5.95. The van der Waals surface area contributed by atoms with Crippen LogP contribution >= 0.6 is 11.8 Å². The summed E-state index contributed by atoms with van der Waals surface area (Å²) in [5.74, 6) is 0.429. The second-order valence-electron chi connectivity index (χ2n) is 7.00. The molecule has 0 saturated heterocycles.